The van der Waals surface area contributed by atoms with Crippen LogP contribution in [0.15, 0.2) is 24.3 Å². The summed E-state index contributed by atoms with van der Waals surface area (Å²) in [4.78, 5) is 24.3. The van der Waals surface area contributed by atoms with Crippen LogP contribution >= 0.6 is 0 Å². The molecule has 0 aliphatic heterocycles. The number of hydrogen-bond acceptors (Lipinski definition) is 4. The molecule has 9 heteroatoms. The van der Waals surface area contributed by atoms with Crippen molar-refractivity contribution in [3.63, 3.8) is 0 Å². The van der Waals surface area contributed by atoms with Gasteiger partial charge in [-0.25, -0.2) is 31.5 Å². The van der Waals surface area contributed by atoms with Crippen molar-refractivity contribution in [3.05, 3.63) is 70.0 Å². The Morgan fingerprint density at radius 2 is 1.18 bits per heavy atom. The molecule has 2 aromatic rings. The third-order valence-electron chi connectivity index (χ3n) is 5.02. The second-order valence-corrected chi connectivity index (χ2v) is 7.51. The largest absolute Gasteiger partial charge is 0.462 e. The number of esters is 2. The molecule has 4 nitrogen and oxygen atoms in total. The summed E-state index contributed by atoms with van der Waals surface area (Å²) in [5.41, 5.74) is -1.15. The van der Waals surface area contributed by atoms with Gasteiger partial charge in [-0.15, -0.1) is 0 Å². The molecule has 180 valence electrons. The van der Waals surface area contributed by atoms with Crippen molar-refractivity contribution < 1.29 is 41.0 Å². The summed E-state index contributed by atoms with van der Waals surface area (Å²) in [5.74, 6) is -12.3. The van der Waals surface area contributed by atoms with Crippen LogP contribution in [0.2, 0.25) is 0 Å². The lowest BCUT2D eigenvalue weighted by Crippen LogP contribution is -2.15. The van der Waals surface area contributed by atoms with Crippen molar-refractivity contribution in [2.24, 2.45) is 0 Å². The highest BCUT2D eigenvalue weighted by molar-refractivity contribution is 5.93. The molecular weight excluding hydrogens is 447 g/mol. The zero-order valence-corrected chi connectivity index (χ0v) is 18.4. The lowest BCUT2D eigenvalue weighted by molar-refractivity contribution is 0.0318. The Hall–Kier alpha value is -2.97. The monoisotopic (exact) mass is 472 g/mol. The third-order valence-corrected chi connectivity index (χ3v) is 5.02. The number of carbonyl (C=O) groups excluding carboxylic acids is 2. The molecule has 0 bridgehead atoms. The van der Waals surface area contributed by atoms with Crippen LogP contribution in [0, 0.1) is 29.1 Å². The molecule has 0 aromatic heterocycles. The molecule has 1 unspecified atom stereocenters. The summed E-state index contributed by atoms with van der Waals surface area (Å²) in [6.07, 6.45) is 4.48. The zero-order valence-electron chi connectivity index (χ0n) is 18.4. The molecule has 0 aliphatic carbocycles. The molecule has 0 fully saturated rings. The van der Waals surface area contributed by atoms with E-state index in [1.54, 1.807) is 0 Å². The van der Waals surface area contributed by atoms with Crippen LogP contribution in [0.1, 0.15) is 84.8 Å². The average molecular weight is 472 g/mol. The molecule has 0 amide bonds. The maximum absolute atomic E-state index is 13.9. The summed E-state index contributed by atoms with van der Waals surface area (Å²) in [6, 6.07) is 5.08. The van der Waals surface area contributed by atoms with Crippen LogP contribution in [0.3, 0.4) is 0 Å². The Morgan fingerprint density at radius 1 is 0.727 bits per heavy atom. The number of halogens is 5. The van der Waals surface area contributed by atoms with E-state index in [9.17, 15) is 31.5 Å². The van der Waals surface area contributed by atoms with Crippen LogP contribution in [0.4, 0.5) is 22.0 Å². The third kappa shape index (κ3) is 6.76. The van der Waals surface area contributed by atoms with E-state index in [0.717, 1.165) is 39.0 Å². The second-order valence-electron chi connectivity index (χ2n) is 7.51. The van der Waals surface area contributed by atoms with E-state index in [0.29, 0.717) is 0 Å². The molecule has 33 heavy (non-hydrogen) atoms. The average Bonchev–Trinajstić information content (AvgIpc) is 2.81. The van der Waals surface area contributed by atoms with Gasteiger partial charge in [-0.3, -0.25) is 0 Å². The highest BCUT2D eigenvalue weighted by Gasteiger charge is 2.30. The molecule has 1 atom stereocenters. The van der Waals surface area contributed by atoms with Crippen molar-refractivity contribution in [1.29, 1.82) is 0 Å². The topological polar surface area (TPSA) is 52.6 Å². The van der Waals surface area contributed by atoms with Gasteiger partial charge in [-0.2, -0.15) is 0 Å². The van der Waals surface area contributed by atoms with Gasteiger partial charge in [0.25, 0.3) is 0 Å². The van der Waals surface area contributed by atoms with Gasteiger partial charge in [0.05, 0.1) is 23.3 Å². The van der Waals surface area contributed by atoms with Gasteiger partial charge in [0.2, 0.25) is 5.82 Å². The smallest absolute Gasteiger partial charge is 0.338 e. The minimum Gasteiger partial charge on any atom is -0.462 e. The highest BCUT2D eigenvalue weighted by atomic mass is 19.2. The number of rotatable bonds is 11. The fourth-order valence-electron chi connectivity index (χ4n) is 3.14. The summed E-state index contributed by atoms with van der Waals surface area (Å²) >= 11 is 0. The number of ether oxygens (including phenoxy) is 2. The molecule has 2 aromatic carbocycles. The van der Waals surface area contributed by atoms with Gasteiger partial charge >= 0.3 is 11.9 Å². The van der Waals surface area contributed by atoms with E-state index in [-0.39, 0.29) is 17.7 Å². The molecule has 0 saturated heterocycles. The molecule has 2 rings (SSSR count). The second kappa shape index (κ2) is 12.3. The first-order valence-electron chi connectivity index (χ1n) is 10.7. The first-order valence-corrected chi connectivity index (χ1v) is 10.7. The van der Waals surface area contributed by atoms with E-state index < -0.39 is 52.7 Å². The van der Waals surface area contributed by atoms with Crippen molar-refractivity contribution >= 4 is 11.9 Å². The molecule has 0 saturated carbocycles. The predicted octanol–water partition coefficient (Wildman–Crippen LogP) is 6.82. The highest BCUT2D eigenvalue weighted by Crippen LogP contribution is 2.30. The predicted molar refractivity (Wildman–Crippen MR) is 110 cm³/mol. The number of carbonyl (C=O) groups is 2. The molecule has 0 spiro atoms. The van der Waals surface area contributed by atoms with Crippen LogP contribution < -0.4 is 0 Å². The summed E-state index contributed by atoms with van der Waals surface area (Å²) < 4.78 is 77.8. The lowest BCUT2D eigenvalue weighted by atomic mass is 10.1. The molecule has 0 radical (unpaired) electrons. The number of hydrogen-bond donors (Lipinski definition) is 0. The van der Waals surface area contributed by atoms with Crippen molar-refractivity contribution in [2.45, 2.75) is 58.5 Å². The fraction of sp³-hybridized carbons (Fsp3) is 0.417. The first kappa shape index (κ1) is 26.3. The van der Waals surface area contributed by atoms with Crippen LogP contribution in [0.25, 0.3) is 0 Å². The van der Waals surface area contributed by atoms with Gasteiger partial charge < -0.3 is 9.47 Å². The Bertz CT molecular complexity index is 947. The maximum atomic E-state index is 13.9. The molecule has 0 N–H and O–H groups in total. The Morgan fingerprint density at radius 3 is 1.73 bits per heavy atom. The summed E-state index contributed by atoms with van der Waals surface area (Å²) in [6.45, 7) is 3.37. The van der Waals surface area contributed by atoms with Crippen molar-refractivity contribution in [1.82, 2.24) is 0 Å². The maximum Gasteiger partial charge on any atom is 0.338 e. The van der Waals surface area contributed by atoms with E-state index >= 15 is 0 Å². The summed E-state index contributed by atoms with van der Waals surface area (Å²) in [5, 5.41) is 0. The lowest BCUT2D eigenvalue weighted by Gasteiger charge is -2.16. The van der Waals surface area contributed by atoms with Crippen LogP contribution in [0.5, 0.6) is 0 Å². The Kier molecular flexibility index (Phi) is 9.81. The first-order chi connectivity index (χ1) is 15.7. The van der Waals surface area contributed by atoms with Crippen LogP contribution in [-0.4, -0.2) is 18.5 Å². The van der Waals surface area contributed by atoms with E-state index in [4.69, 9.17) is 9.47 Å². The summed E-state index contributed by atoms with van der Waals surface area (Å²) in [7, 11) is 0. The normalized spacial score (nSPS) is 11.8. The molecule has 0 heterocycles. The molecule has 0 aliphatic rings. The number of benzene rings is 2. The Balaban J connectivity index is 1.95. The van der Waals surface area contributed by atoms with E-state index in [1.807, 2.05) is 0 Å². The van der Waals surface area contributed by atoms with Crippen LogP contribution in [-0.2, 0) is 9.47 Å². The SMILES string of the molecule is CCCCCCCCOC(=O)c1ccc(C(=O)OC(C)c2c(F)c(F)c(F)c(F)c2F)cc1. The van der Waals surface area contributed by atoms with Gasteiger partial charge in [0.1, 0.15) is 6.10 Å². The molecular formula is C24H25F5O4. The van der Waals surface area contributed by atoms with Gasteiger partial charge in [-0.05, 0) is 37.6 Å². The van der Waals surface area contributed by atoms with Crippen molar-refractivity contribution in [2.75, 3.05) is 6.61 Å². The van der Waals surface area contributed by atoms with E-state index in [2.05, 4.69) is 6.92 Å². The minimum absolute atomic E-state index is 0.0850. The van der Waals surface area contributed by atoms with Gasteiger partial charge in [-0.1, -0.05) is 39.0 Å². The standard InChI is InChI=1S/C24H25F5O4/c1-3-4-5-6-7-8-13-32-23(30)15-9-11-16(12-10-15)24(31)33-14(2)17-18(25)20(27)22(29)21(28)19(17)26/h9-12,14H,3-8,13H2,1-2H3. The van der Waals surface area contributed by atoms with Gasteiger partial charge in [0.15, 0.2) is 23.3 Å². The van der Waals surface area contributed by atoms with Gasteiger partial charge in [0, 0.05) is 0 Å². The minimum atomic E-state index is -2.30. The van der Waals surface area contributed by atoms with E-state index in [1.165, 1.54) is 30.7 Å². The Labute approximate surface area is 188 Å². The quantitative estimate of drug-likeness (QED) is 0.118. The fourth-order valence-corrected chi connectivity index (χ4v) is 3.14. The van der Waals surface area contributed by atoms with Crippen molar-refractivity contribution in [3.8, 4) is 0 Å². The number of unbranched alkanes of at least 4 members (excludes halogenated alkanes) is 5. The zero-order chi connectivity index (χ0) is 24.5.